The van der Waals surface area contributed by atoms with E-state index in [4.69, 9.17) is 9.84 Å². The number of aromatic carboxylic acids is 1. The van der Waals surface area contributed by atoms with E-state index in [-0.39, 0.29) is 29.3 Å². The Bertz CT molecular complexity index is 1460. The van der Waals surface area contributed by atoms with Gasteiger partial charge in [-0.15, -0.1) is 0 Å². The highest BCUT2D eigenvalue weighted by Crippen LogP contribution is 2.50. The molecule has 11 heteroatoms. The van der Waals surface area contributed by atoms with Crippen LogP contribution in [-0.4, -0.2) is 46.9 Å². The van der Waals surface area contributed by atoms with Gasteiger partial charge >= 0.3 is 12.1 Å². The number of aliphatic hydroxyl groups is 1. The lowest BCUT2D eigenvalue weighted by molar-refractivity contribution is -0.274. The number of anilines is 1. The predicted octanol–water partition coefficient (Wildman–Crippen LogP) is 5.14. The summed E-state index contributed by atoms with van der Waals surface area (Å²) in [6, 6.07) is 8.78. The van der Waals surface area contributed by atoms with Gasteiger partial charge in [-0.05, 0) is 46.5 Å². The summed E-state index contributed by atoms with van der Waals surface area (Å²) in [5, 5.41) is 20.3. The Hall–Kier alpha value is -4.25. The maximum absolute atomic E-state index is 14.6. The van der Waals surface area contributed by atoms with Crippen molar-refractivity contribution >= 4 is 23.6 Å². The summed E-state index contributed by atoms with van der Waals surface area (Å²) in [7, 11) is 1.37. The number of carbonyl (C=O) groups is 2. The summed E-state index contributed by atoms with van der Waals surface area (Å²) >= 11 is 0. The monoisotopic (exact) mass is 530 g/mol. The van der Waals surface area contributed by atoms with Gasteiger partial charge < -0.3 is 19.8 Å². The first-order valence-electron chi connectivity index (χ1n) is 11.3. The minimum atomic E-state index is -5.16. The van der Waals surface area contributed by atoms with Crippen molar-refractivity contribution in [2.75, 3.05) is 18.6 Å². The third-order valence-corrected chi connectivity index (χ3v) is 6.71. The number of amides is 1. The molecule has 0 fully saturated rings. The first-order valence-corrected chi connectivity index (χ1v) is 11.3. The molecule has 38 heavy (non-hydrogen) atoms. The van der Waals surface area contributed by atoms with Crippen LogP contribution in [0.5, 0.6) is 5.88 Å². The number of benzene rings is 2. The molecule has 0 aliphatic carbocycles. The molecule has 0 saturated carbocycles. The molecule has 3 aromatic rings. The fourth-order valence-electron chi connectivity index (χ4n) is 4.44. The van der Waals surface area contributed by atoms with Crippen LogP contribution in [0.2, 0.25) is 0 Å². The zero-order valence-corrected chi connectivity index (χ0v) is 20.2. The number of halogens is 4. The van der Waals surface area contributed by atoms with E-state index in [1.54, 1.807) is 0 Å². The molecule has 1 amide bonds. The second kappa shape index (κ2) is 9.56. The van der Waals surface area contributed by atoms with Crippen LogP contribution >= 0.6 is 0 Å². The van der Waals surface area contributed by atoms with Crippen LogP contribution in [0.25, 0.3) is 17.2 Å². The Morgan fingerprint density at radius 2 is 1.84 bits per heavy atom. The molecule has 4 rings (SSSR count). The minimum Gasteiger partial charge on any atom is -0.478 e. The summed E-state index contributed by atoms with van der Waals surface area (Å²) in [5.74, 6) is -4.51. The van der Waals surface area contributed by atoms with E-state index in [0.717, 1.165) is 29.3 Å². The molecule has 2 atom stereocenters. The van der Waals surface area contributed by atoms with E-state index in [9.17, 15) is 32.3 Å². The van der Waals surface area contributed by atoms with Crippen molar-refractivity contribution in [1.29, 1.82) is 0 Å². The van der Waals surface area contributed by atoms with Crippen molar-refractivity contribution in [3.63, 3.8) is 0 Å². The number of carbonyl (C=O) groups excluding carboxylic acids is 1. The Balaban J connectivity index is 1.80. The van der Waals surface area contributed by atoms with Gasteiger partial charge in [-0.2, -0.15) is 13.2 Å². The number of hydrogen-bond acceptors (Lipinski definition) is 5. The highest BCUT2D eigenvalue weighted by Gasteiger charge is 2.59. The average Bonchev–Trinajstić information content (AvgIpc) is 2.88. The van der Waals surface area contributed by atoms with Crippen molar-refractivity contribution in [2.24, 2.45) is 0 Å². The van der Waals surface area contributed by atoms with Crippen LogP contribution in [0.4, 0.5) is 23.2 Å². The molecule has 0 bridgehead atoms. The standard InChI is InChI=1S/C27H22F4N2O5/c1-4-15-9-16(17-6-8-20(25(35)36)21(28)10-17)5-7-19(15)14(2)26(37,27(29,30)31)18-11-22-24(32-12-18)38-13-23(34)33(22)3/h4-12,14,37H,1,13H2,2-3H3,(H,35,36)/t14-,26-/m1/s1. The number of alkyl halides is 3. The minimum absolute atomic E-state index is 0.0141. The second-order valence-electron chi connectivity index (χ2n) is 8.82. The quantitative estimate of drug-likeness (QED) is 0.429. The number of pyridine rings is 1. The lowest BCUT2D eigenvalue weighted by Gasteiger charge is -2.38. The molecule has 1 aliphatic heterocycles. The van der Waals surface area contributed by atoms with Crippen molar-refractivity contribution in [1.82, 2.24) is 4.98 Å². The second-order valence-corrected chi connectivity index (χ2v) is 8.82. The lowest BCUT2D eigenvalue weighted by atomic mass is 9.76. The average molecular weight is 530 g/mol. The Morgan fingerprint density at radius 3 is 2.45 bits per heavy atom. The summed E-state index contributed by atoms with van der Waals surface area (Å²) in [4.78, 5) is 28.1. The molecule has 2 N–H and O–H groups in total. The third kappa shape index (κ3) is 4.38. The van der Waals surface area contributed by atoms with Crippen LogP contribution in [0.1, 0.15) is 39.9 Å². The van der Waals surface area contributed by atoms with E-state index in [0.29, 0.717) is 11.1 Å². The van der Waals surface area contributed by atoms with E-state index in [2.05, 4.69) is 11.6 Å². The molecule has 198 valence electrons. The molecular weight excluding hydrogens is 508 g/mol. The zero-order valence-electron chi connectivity index (χ0n) is 20.2. The van der Waals surface area contributed by atoms with E-state index >= 15 is 0 Å². The normalized spacial score (nSPS) is 15.8. The smallest absolute Gasteiger partial charge is 0.422 e. The highest BCUT2D eigenvalue weighted by atomic mass is 19.4. The van der Waals surface area contributed by atoms with Crippen LogP contribution in [0.3, 0.4) is 0 Å². The Morgan fingerprint density at radius 1 is 1.18 bits per heavy atom. The van der Waals surface area contributed by atoms with E-state index in [1.165, 1.54) is 44.3 Å². The maximum Gasteiger partial charge on any atom is 0.422 e. The molecule has 2 aromatic carbocycles. The van der Waals surface area contributed by atoms with Crippen LogP contribution < -0.4 is 9.64 Å². The van der Waals surface area contributed by atoms with Crippen LogP contribution in [0, 0.1) is 5.82 Å². The molecule has 0 saturated heterocycles. The Kier molecular flexibility index (Phi) is 6.75. The number of carboxylic acids is 1. The van der Waals surface area contributed by atoms with Crippen LogP contribution in [0.15, 0.2) is 55.2 Å². The predicted molar refractivity (Wildman–Crippen MR) is 130 cm³/mol. The number of rotatable bonds is 6. The summed E-state index contributed by atoms with van der Waals surface area (Å²) < 4.78 is 63.1. The first-order chi connectivity index (χ1) is 17.8. The number of carboxylic acid groups (broad SMARTS) is 1. The molecule has 2 heterocycles. The first kappa shape index (κ1) is 26.8. The molecule has 1 aliphatic rings. The highest BCUT2D eigenvalue weighted by molar-refractivity contribution is 5.97. The molecular formula is C27H22F4N2O5. The summed E-state index contributed by atoms with van der Waals surface area (Å²) in [5.41, 5.74) is -3.53. The van der Waals surface area contributed by atoms with E-state index < -0.39 is 46.5 Å². The van der Waals surface area contributed by atoms with Crippen molar-refractivity contribution in [2.45, 2.75) is 24.6 Å². The number of fused-ring (bicyclic) bond motifs is 1. The fraction of sp³-hybridized carbons (Fsp3) is 0.222. The van der Waals surface area contributed by atoms with Gasteiger partial charge in [-0.1, -0.05) is 37.8 Å². The van der Waals surface area contributed by atoms with Crippen molar-refractivity contribution in [3.05, 3.63) is 83.3 Å². The SMILES string of the molecule is C=Cc1cc(-c2ccc(C(=O)O)c(F)c2)ccc1[C@@H](C)[C@@](O)(c1cnc2c(c1)N(C)C(=O)CO2)C(F)(F)F. The number of aromatic nitrogens is 1. The van der Waals surface area contributed by atoms with Crippen molar-refractivity contribution in [3.8, 4) is 17.0 Å². The number of hydrogen-bond donors (Lipinski definition) is 2. The van der Waals surface area contributed by atoms with Gasteiger partial charge in [0.25, 0.3) is 5.91 Å². The van der Waals surface area contributed by atoms with E-state index in [1.807, 2.05) is 0 Å². The zero-order chi connectivity index (χ0) is 28.0. The van der Waals surface area contributed by atoms with Crippen molar-refractivity contribution < 1.29 is 42.1 Å². The van der Waals surface area contributed by atoms with Gasteiger partial charge in [0.1, 0.15) is 11.5 Å². The largest absolute Gasteiger partial charge is 0.478 e. The topological polar surface area (TPSA) is 100.0 Å². The van der Waals surface area contributed by atoms with Gasteiger partial charge in [0.05, 0.1) is 5.56 Å². The lowest BCUT2D eigenvalue weighted by Crippen LogP contribution is -2.47. The van der Waals surface area contributed by atoms with Crippen LogP contribution in [-0.2, 0) is 10.4 Å². The number of nitrogens with zero attached hydrogens (tertiary/aromatic N) is 2. The molecule has 7 nitrogen and oxygen atoms in total. The summed E-state index contributed by atoms with van der Waals surface area (Å²) in [6.45, 7) is 4.55. The molecule has 0 spiro atoms. The fourth-order valence-corrected chi connectivity index (χ4v) is 4.44. The Labute approximate surface area is 214 Å². The number of likely N-dealkylation sites (N-methyl/N-ethyl adjacent to an activating group) is 1. The van der Waals surface area contributed by atoms with Gasteiger partial charge in [-0.3, -0.25) is 4.79 Å². The van der Waals surface area contributed by atoms with Gasteiger partial charge in [-0.25, -0.2) is 14.2 Å². The van der Waals surface area contributed by atoms with Gasteiger partial charge in [0.2, 0.25) is 5.88 Å². The molecule has 0 radical (unpaired) electrons. The maximum atomic E-state index is 14.6. The third-order valence-electron chi connectivity index (χ3n) is 6.71. The molecule has 0 unspecified atom stereocenters. The van der Waals surface area contributed by atoms with Gasteiger partial charge in [0, 0.05) is 24.7 Å². The number of ether oxygens (including phenoxy) is 1. The van der Waals surface area contributed by atoms with Gasteiger partial charge in [0.15, 0.2) is 12.2 Å². The summed E-state index contributed by atoms with van der Waals surface area (Å²) in [6.07, 6.45) is -2.99. The molecule has 1 aromatic heterocycles.